The number of carboxylic acids is 1. The number of likely N-dealkylation sites (tertiary alicyclic amines) is 2. The van der Waals surface area contributed by atoms with E-state index in [4.69, 9.17) is 5.11 Å². The van der Waals surface area contributed by atoms with Crippen LogP contribution in [0.15, 0.2) is 0 Å². The number of rotatable bonds is 4. The van der Waals surface area contributed by atoms with Crippen LogP contribution < -0.4 is 0 Å². The van der Waals surface area contributed by atoms with Crippen molar-refractivity contribution in [1.82, 2.24) is 9.80 Å². The summed E-state index contributed by atoms with van der Waals surface area (Å²) < 4.78 is 0. The van der Waals surface area contributed by atoms with Crippen LogP contribution in [0, 0.1) is 5.92 Å². The summed E-state index contributed by atoms with van der Waals surface area (Å²) in [6.45, 7) is 5.56. The maximum Gasteiger partial charge on any atom is 0.306 e. The van der Waals surface area contributed by atoms with E-state index in [1.165, 1.54) is 25.7 Å². The topological polar surface area (TPSA) is 60.9 Å². The molecule has 5 heteroatoms. The summed E-state index contributed by atoms with van der Waals surface area (Å²) in [7, 11) is 0. The van der Waals surface area contributed by atoms with Gasteiger partial charge in [-0.3, -0.25) is 9.59 Å². The lowest BCUT2D eigenvalue weighted by molar-refractivity contribution is -0.146. The summed E-state index contributed by atoms with van der Waals surface area (Å²) in [5.74, 6) is -0.798. The maximum absolute atomic E-state index is 12.4. The van der Waals surface area contributed by atoms with Gasteiger partial charge in [0.25, 0.3) is 0 Å². The third-order valence-corrected chi connectivity index (χ3v) is 4.93. The Bertz CT molecular complexity index is 357. The third-order valence-electron chi connectivity index (χ3n) is 4.93. The number of piperidine rings is 1. The van der Waals surface area contributed by atoms with Crippen LogP contribution in [0.1, 0.15) is 51.9 Å². The van der Waals surface area contributed by atoms with Crippen molar-refractivity contribution < 1.29 is 14.7 Å². The molecule has 0 saturated carbocycles. The van der Waals surface area contributed by atoms with Crippen LogP contribution in [0.2, 0.25) is 0 Å². The molecule has 1 amide bonds. The minimum absolute atomic E-state index is 0.190. The lowest BCUT2D eigenvalue weighted by Crippen LogP contribution is -2.43. The highest BCUT2D eigenvalue weighted by Crippen LogP contribution is 2.20. The molecule has 1 unspecified atom stereocenters. The third kappa shape index (κ3) is 4.70. The average molecular weight is 296 g/mol. The number of carbonyl (C=O) groups is 2. The molecule has 2 fully saturated rings. The van der Waals surface area contributed by atoms with Gasteiger partial charge in [0, 0.05) is 25.6 Å². The average Bonchev–Trinajstić information content (AvgIpc) is 2.76. The number of nitrogens with zero attached hydrogens (tertiary/aromatic N) is 2. The number of aliphatic carboxylic acids is 1. The molecule has 2 saturated heterocycles. The Morgan fingerprint density at radius 1 is 1.05 bits per heavy atom. The quantitative estimate of drug-likeness (QED) is 0.861. The summed E-state index contributed by atoms with van der Waals surface area (Å²) in [6.07, 6.45) is 6.85. The first-order valence-electron chi connectivity index (χ1n) is 8.32. The second-order valence-electron chi connectivity index (χ2n) is 6.50. The predicted octanol–water partition coefficient (Wildman–Crippen LogP) is 1.96. The van der Waals surface area contributed by atoms with Gasteiger partial charge in [0.15, 0.2) is 0 Å². The first-order chi connectivity index (χ1) is 10.1. The van der Waals surface area contributed by atoms with Gasteiger partial charge in [0.1, 0.15) is 0 Å². The highest BCUT2D eigenvalue weighted by molar-refractivity contribution is 5.77. The van der Waals surface area contributed by atoms with E-state index in [-0.39, 0.29) is 11.8 Å². The zero-order valence-corrected chi connectivity index (χ0v) is 13.1. The molecule has 0 aromatic heterocycles. The zero-order valence-electron chi connectivity index (χ0n) is 13.1. The molecule has 1 N–H and O–H groups in total. The Morgan fingerprint density at radius 3 is 2.14 bits per heavy atom. The lowest BCUT2D eigenvalue weighted by atomic mass is 9.96. The molecule has 2 heterocycles. The van der Waals surface area contributed by atoms with E-state index in [2.05, 4.69) is 11.8 Å². The minimum atomic E-state index is -0.722. The second kappa shape index (κ2) is 7.78. The van der Waals surface area contributed by atoms with Crippen LogP contribution in [0.3, 0.4) is 0 Å². The van der Waals surface area contributed by atoms with Gasteiger partial charge in [-0.15, -0.1) is 0 Å². The van der Waals surface area contributed by atoms with Crippen molar-refractivity contribution in [1.29, 1.82) is 0 Å². The molecule has 2 aliphatic heterocycles. The largest absolute Gasteiger partial charge is 0.481 e. The van der Waals surface area contributed by atoms with E-state index in [9.17, 15) is 9.59 Å². The fourth-order valence-electron chi connectivity index (χ4n) is 3.42. The molecule has 2 rings (SSSR count). The standard InChI is InChI=1S/C16H28N2O3/c1-13(17-8-4-2-3-5-9-17)12-15(19)18-10-6-14(7-11-18)16(20)21/h13-14H,2-12H2,1H3,(H,20,21). The fraction of sp³-hybridized carbons (Fsp3) is 0.875. The van der Waals surface area contributed by atoms with Crippen molar-refractivity contribution in [3.05, 3.63) is 0 Å². The number of amides is 1. The predicted molar refractivity (Wildman–Crippen MR) is 81.1 cm³/mol. The normalized spacial score (nSPS) is 23.6. The van der Waals surface area contributed by atoms with Crippen molar-refractivity contribution in [2.75, 3.05) is 26.2 Å². The van der Waals surface area contributed by atoms with Gasteiger partial charge < -0.3 is 14.9 Å². The highest BCUT2D eigenvalue weighted by atomic mass is 16.4. The summed E-state index contributed by atoms with van der Waals surface area (Å²) in [5, 5.41) is 9.00. The first kappa shape index (κ1) is 16.3. The van der Waals surface area contributed by atoms with Crippen molar-refractivity contribution in [3.8, 4) is 0 Å². The van der Waals surface area contributed by atoms with E-state index in [0.29, 0.717) is 38.4 Å². The Morgan fingerprint density at radius 2 is 1.62 bits per heavy atom. The van der Waals surface area contributed by atoms with E-state index in [1.54, 1.807) is 0 Å². The van der Waals surface area contributed by atoms with Crippen LogP contribution in [0.4, 0.5) is 0 Å². The number of carbonyl (C=O) groups excluding carboxylic acids is 1. The molecule has 0 spiro atoms. The Hall–Kier alpha value is -1.10. The lowest BCUT2D eigenvalue weighted by Gasteiger charge is -2.33. The second-order valence-corrected chi connectivity index (χ2v) is 6.50. The van der Waals surface area contributed by atoms with Gasteiger partial charge in [-0.05, 0) is 45.7 Å². The fourth-order valence-corrected chi connectivity index (χ4v) is 3.42. The number of hydrogen-bond donors (Lipinski definition) is 1. The van der Waals surface area contributed by atoms with Gasteiger partial charge >= 0.3 is 5.97 Å². The molecular formula is C16H28N2O3. The van der Waals surface area contributed by atoms with Gasteiger partial charge in [0.05, 0.1) is 5.92 Å². The van der Waals surface area contributed by atoms with Crippen molar-refractivity contribution in [3.63, 3.8) is 0 Å². The van der Waals surface area contributed by atoms with Crippen molar-refractivity contribution >= 4 is 11.9 Å². The van der Waals surface area contributed by atoms with E-state index in [1.807, 2.05) is 4.90 Å². The summed E-state index contributed by atoms with van der Waals surface area (Å²) >= 11 is 0. The molecule has 0 aliphatic carbocycles. The minimum Gasteiger partial charge on any atom is -0.481 e. The SMILES string of the molecule is CC(CC(=O)N1CCC(C(=O)O)CC1)N1CCCCCC1. The van der Waals surface area contributed by atoms with Crippen LogP contribution >= 0.6 is 0 Å². The van der Waals surface area contributed by atoms with E-state index in [0.717, 1.165) is 13.1 Å². The molecule has 1 atom stereocenters. The summed E-state index contributed by atoms with van der Waals surface area (Å²) in [6, 6.07) is 0.299. The molecule has 120 valence electrons. The van der Waals surface area contributed by atoms with E-state index < -0.39 is 5.97 Å². The van der Waals surface area contributed by atoms with Gasteiger partial charge in [0.2, 0.25) is 5.91 Å². The molecule has 0 bridgehead atoms. The number of hydrogen-bond acceptors (Lipinski definition) is 3. The Balaban J connectivity index is 1.77. The van der Waals surface area contributed by atoms with Gasteiger partial charge in [-0.25, -0.2) is 0 Å². The smallest absolute Gasteiger partial charge is 0.306 e. The molecule has 2 aliphatic rings. The maximum atomic E-state index is 12.4. The Labute approximate surface area is 127 Å². The first-order valence-corrected chi connectivity index (χ1v) is 8.32. The monoisotopic (exact) mass is 296 g/mol. The van der Waals surface area contributed by atoms with E-state index >= 15 is 0 Å². The molecule has 0 aromatic rings. The van der Waals surface area contributed by atoms with Crippen molar-refractivity contribution in [2.24, 2.45) is 5.92 Å². The molecular weight excluding hydrogens is 268 g/mol. The summed E-state index contributed by atoms with van der Waals surface area (Å²) in [5.41, 5.74) is 0. The Kier molecular flexibility index (Phi) is 6.03. The van der Waals surface area contributed by atoms with Crippen molar-refractivity contribution in [2.45, 2.75) is 57.9 Å². The van der Waals surface area contributed by atoms with Crippen LogP contribution in [-0.2, 0) is 9.59 Å². The van der Waals surface area contributed by atoms with Gasteiger partial charge in [-0.2, -0.15) is 0 Å². The zero-order chi connectivity index (χ0) is 15.2. The number of carboxylic acid groups (broad SMARTS) is 1. The van der Waals surface area contributed by atoms with Crippen LogP contribution in [-0.4, -0.2) is 59.0 Å². The van der Waals surface area contributed by atoms with Crippen LogP contribution in [0.5, 0.6) is 0 Å². The molecule has 0 aromatic carbocycles. The molecule has 5 nitrogen and oxygen atoms in total. The summed E-state index contributed by atoms with van der Waals surface area (Å²) in [4.78, 5) is 27.6. The molecule has 0 radical (unpaired) electrons. The van der Waals surface area contributed by atoms with Gasteiger partial charge in [-0.1, -0.05) is 12.8 Å². The molecule has 21 heavy (non-hydrogen) atoms. The van der Waals surface area contributed by atoms with Crippen LogP contribution in [0.25, 0.3) is 0 Å². The highest BCUT2D eigenvalue weighted by Gasteiger charge is 2.28.